The molecule has 0 bridgehead atoms. The van der Waals surface area contributed by atoms with Crippen molar-refractivity contribution in [2.75, 3.05) is 19.7 Å². The minimum atomic E-state index is -3.85. The molecular formula is C30H34ClN3O4S. The van der Waals surface area contributed by atoms with E-state index in [1.807, 2.05) is 48.5 Å². The Kier molecular flexibility index (Phi) is 8.87. The molecule has 206 valence electrons. The van der Waals surface area contributed by atoms with E-state index in [9.17, 15) is 13.2 Å². The average molecular weight is 568 g/mol. The standard InChI is InChI=1S/C30H34ClN3O4S/c31-25-11-14-28(15-12-25)39(36,37)34-27(13-16-29(34)24-9-5-2-6-10-24)22-38-30(35)32-26-17-19-33(20-18-26)21-23-7-3-1-4-8-23/h1-12,14-15,26-27,29H,13,16-22H2,(H,32,35)/t27-,29?/m1/s1. The summed E-state index contributed by atoms with van der Waals surface area (Å²) in [5.41, 5.74) is 2.20. The van der Waals surface area contributed by atoms with Gasteiger partial charge in [-0.1, -0.05) is 72.3 Å². The van der Waals surface area contributed by atoms with Crippen molar-refractivity contribution in [2.24, 2.45) is 0 Å². The van der Waals surface area contributed by atoms with E-state index in [1.165, 1.54) is 22.0 Å². The number of carbonyl (C=O) groups excluding carboxylic acids is 1. The molecule has 0 aliphatic carbocycles. The molecule has 1 amide bonds. The molecule has 2 saturated heterocycles. The van der Waals surface area contributed by atoms with Crippen LogP contribution in [0.2, 0.25) is 5.02 Å². The SMILES string of the molecule is O=C(NC1CCN(Cc2ccccc2)CC1)OC[C@H]1CCC(c2ccccc2)N1S(=O)(=O)c1ccc(Cl)cc1. The van der Waals surface area contributed by atoms with Gasteiger partial charge < -0.3 is 10.1 Å². The molecule has 0 radical (unpaired) electrons. The van der Waals surface area contributed by atoms with Gasteiger partial charge in [0.25, 0.3) is 0 Å². The van der Waals surface area contributed by atoms with Gasteiger partial charge in [-0.25, -0.2) is 13.2 Å². The van der Waals surface area contributed by atoms with Crippen LogP contribution < -0.4 is 5.32 Å². The number of hydrogen-bond donors (Lipinski definition) is 1. The first-order valence-corrected chi connectivity index (χ1v) is 15.3. The van der Waals surface area contributed by atoms with Crippen LogP contribution in [0.1, 0.15) is 42.9 Å². The van der Waals surface area contributed by atoms with Gasteiger partial charge in [0.05, 0.1) is 17.0 Å². The molecule has 5 rings (SSSR count). The van der Waals surface area contributed by atoms with Crippen molar-refractivity contribution in [3.8, 4) is 0 Å². The van der Waals surface area contributed by atoms with Crippen molar-refractivity contribution >= 4 is 27.7 Å². The lowest BCUT2D eigenvalue weighted by Gasteiger charge is -2.32. The number of piperidine rings is 1. The molecule has 0 aromatic heterocycles. The summed E-state index contributed by atoms with van der Waals surface area (Å²) in [6.07, 6.45) is 2.43. The quantitative estimate of drug-likeness (QED) is 0.382. The fraction of sp³-hybridized carbons (Fsp3) is 0.367. The summed E-state index contributed by atoms with van der Waals surface area (Å²) in [6.45, 7) is 2.69. The van der Waals surface area contributed by atoms with E-state index < -0.39 is 22.2 Å². The van der Waals surface area contributed by atoms with Crippen LogP contribution in [-0.4, -0.2) is 55.5 Å². The van der Waals surface area contributed by atoms with Crippen LogP contribution in [0.15, 0.2) is 89.8 Å². The van der Waals surface area contributed by atoms with Crippen molar-refractivity contribution < 1.29 is 17.9 Å². The molecule has 0 saturated carbocycles. The van der Waals surface area contributed by atoms with Crippen LogP contribution in [0.3, 0.4) is 0 Å². The van der Waals surface area contributed by atoms with E-state index in [0.717, 1.165) is 38.0 Å². The molecule has 1 unspecified atom stereocenters. The second-order valence-electron chi connectivity index (χ2n) is 10.2. The third kappa shape index (κ3) is 6.81. The minimum Gasteiger partial charge on any atom is -0.448 e. The zero-order valence-corrected chi connectivity index (χ0v) is 23.4. The van der Waals surface area contributed by atoms with E-state index in [1.54, 1.807) is 12.1 Å². The molecule has 2 aliphatic heterocycles. The number of rotatable bonds is 8. The molecule has 1 N–H and O–H groups in total. The first kappa shape index (κ1) is 27.6. The fourth-order valence-electron chi connectivity index (χ4n) is 5.55. The van der Waals surface area contributed by atoms with E-state index in [4.69, 9.17) is 16.3 Å². The Balaban J connectivity index is 1.20. The number of alkyl carbamates (subject to hydrolysis) is 1. The van der Waals surface area contributed by atoms with Crippen LogP contribution in [0.5, 0.6) is 0 Å². The van der Waals surface area contributed by atoms with Crippen molar-refractivity contribution in [3.63, 3.8) is 0 Å². The largest absolute Gasteiger partial charge is 0.448 e. The van der Waals surface area contributed by atoms with Crippen molar-refractivity contribution in [2.45, 2.75) is 55.2 Å². The van der Waals surface area contributed by atoms with Gasteiger partial charge in [-0.15, -0.1) is 0 Å². The maximum absolute atomic E-state index is 13.8. The average Bonchev–Trinajstić information content (AvgIpc) is 3.39. The Bertz CT molecular complexity index is 1330. The van der Waals surface area contributed by atoms with Crippen LogP contribution in [0.4, 0.5) is 4.79 Å². The zero-order chi connectivity index (χ0) is 27.2. The third-order valence-corrected chi connectivity index (χ3v) is 9.81. The summed E-state index contributed by atoms with van der Waals surface area (Å²) in [6, 6.07) is 25.4. The fourth-order valence-corrected chi connectivity index (χ4v) is 7.52. The van der Waals surface area contributed by atoms with E-state index in [2.05, 4.69) is 22.3 Å². The number of likely N-dealkylation sites (tertiary alicyclic amines) is 1. The molecule has 2 heterocycles. The van der Waals surface area contributed by atoms with Gasteiger partial charge in [-0.05, 0) is 61.1 Å². The summed E-state index contributed by atoms with van der Waals surface area (Å²) in [5.74, 6) is 0. The maximum atomic E-state index is 13.8. The van der Waals surface area contributed by atoms with E-state index in [0.29, 0.717) is 17.9 Å². The Morgan fingerprint density at radius 1 is 0.872 bits per heavy atom. The topological polar surface area (TPSA) is 79.0 Å². The molecule has 3 aromatic carbocycles. The highest BCUT2D eigenvalue weighted by Gasteiger charge is 2.43. The lowest BCUT2D eigenvalue weighted by Crippen LogP contribution is -2.45. The number of carbonyl (C=O) groups is 1. The summed E-state index contributed by atoms with van der Waals surface area (Å²) in [7, 11) is -3.85. The third-order valence-electron chi connectivity index (χ3n) is 7.58. The molecule has 2 aliphatic rings. The predicted octanol–water partition coefficient (Wildman–Crippen LogP) is 5.63. The molecule has 0 spiro atoms. The van der Waals surface area contributed by atoms with Gasteiger partial charge in [-0.3, -0.25) is 4.90 Å². The Labute approximate surface area is 235 Å². The maximum Gasteiger partial charge on any atom is 0.407 e. The molecule has 3 aromatic rings. The number of sulfonamides is 1. The summed E-state index contributed by atoms with van der Waals surface area (Å²) in [4.78, 5) is 15.3. The number of halogens is 1. The number of benzene rings is 3. The number of ether oxygens (including phenoxy) is 1. The number of nitrogens with one attached hydrogen (secondary N) is 1. The van der Waals surface area contributed by atoms with Crippen molar-refractivity contribution in [3.05, 3.63) is 101 Å². The van der Waals surface area contributed by atoms with Crippen LogP contribution in [-0.2, 0) is 21.3 Å². The second kappa shape index (κ2) is 12.5. The smallest absolute Gasteiger partial charge is 0.407 e. The Hall–Kier alpha value is -2.91. The summed E-state index contributed by atoms with van der Waals surface area (Å²) in [5, 5.41) is 3.46. The highest BCUT2D eigenvalue weighted by atomic mass is 35.5. The van der Waals surface area contributed by atoms with Gasteiger partial charge in [0, 0.05) is 30.7 Å². The van der Waals surface area contributed by atoms with Crippen LogP contribution in [0, 0.1) is 0 Å². The van der Waals surface area contributed by atoms with Crippen LogP contribution in [0.25, 0.3) is 0 Å². The summed E-state index contributed by atoms with van der Waals surface area (Å²) >= 11 is 6.01. The van der Waals surface area contributed by atoms with Gasteiger partial charge in [0.15, 0.2) is 0 Å². The first-order chi connectivity index (χ1) is 18.9. The van der Waals surface area contributed by atoms with Crippen molar-refractivity contribution in [1.29, 1.82) is 0 Å². The molecule has 7 nitrogen and oxygen atoms in total. The minimum absolute atomic E-state index is 0.00512. The highest BCUT2D eigenvalue weighted by Crippen LogP contribution is 2.40. The van der Waals surface area contributed by atoms with Gasteiger partial charge in [-0.2, -0.15) is 4.31 Å². The number of amides is 1. The van der Waals surface area contributed by atoms with E-state index in [-0.39, 0.29) is 23.6 Å². The molecule has 2 atom stereocenters. The number of hydrogen-bond acceptors (Lipinski definition) is 5. The van der Waals surface area contributed by atoms with Gasteiger partial charge >= 0.3 is 6.09 Å². The van der Waals surface area contributed by atoms with E-state index >= 15 is 0 Å². The predicted molar refractivity (Wildman–Crippen MR) is 152 cm³/mol. The second-order valence-corrected chi connectivity index (χ2v) is 12.5. The molecule has 39 heavy (non-hydrogen) atoms. The molecular weight excluding hydrogens is 534 g/mol. The molecule has 2 fully saturated rings. The number of nitrogens with zero attached hydrogens (tertiary/aromatic N) is 2. The van der Waals surface area contributed by atoms with Crippen molar-refractivity contribution in [1.82, 2.24) is 14.5 Å². The van der Waals surface area contributed by atoms with Crippen LogP contribution >= 0.6 is 11.6 Å². The van der Waals surface area contributed by atoms with Gasteiger partial charge in [0.2, 0.25) is 10.0 Å². The monoisotopic (exact) mass is 567 g/mol. The lowest BCUT2D eigenvalue weighted by molar-refractivity contribution is 0.111. The first-order valence-electron chi connectivity index (χ1n) is 13.4. The summed E-state index contributed by atoms with van der Waals surface area (Å²) < 4.78 is 34.7. The molecule has 9 heteroatoms. The zero-order valence-electron chi connectivity index (χ0n) is 21.8. The Morgan fingerprint density at radius 3 is 2.18 bits per heavy atom. The highest BCUT2D eigenvalue weighted by molar-refractivity contribution is 7.89. The Morgan fingerprint density at radius 2 is 1.51 bits per heavy atom. The normalized spacial score (nSPS) is 21.1. The van der Waals surface area contributed by atoms with Gasteiger partial charge in [0.1, 0.15) is 6.61 Å². The lowest BCUT2D eigenvalue weighted by atomic mass is 10.0.